The van der Waals surface area contributed by atoms with Gasteiger partial charge in [0, 0.05) is 22.4 Å². The molecule has 0 fully saturated rings. The van der Waals surface area contributed by atoms with Crippen molar-refractivity contribution >= 4 is 17.3 Å². The van der Waals surface area contributed by atoms with Gasteiger partial charge >= 0.3 is 0 Å². The maximum Gasteiger partial charge on any atom is 0.0742 e. The van der Waals surface area contributed by atoms with Crippen LogP contribution in [0.2, 0.25) is 0 Å². The SMILES string of the molecule is CC[NH+](CC)CC.O=C([O-])c1csc2c1CCNC2. The van der Waals surface area contributed by atoms with Crippen LogP contribution in [0.3, 0.4) is 0 Å². The first-order valence-corrected chi connectivity index (χ1v) is 7.86. The van der Waals surface area contributed by atoms with Gasteiger partial charge in [-0.3, -0.25) is 0 Å². The molecule has 2 rings (SSSR count). The number of carboxylic acids is 1. The third-order valence-electron chi connectivity index (χ3n) is 3.54. The average Bonchev–Trinajstić information content (AvgIpc) is 2.85. The van der Waals surface area contributed by atoms with Gasteiger partial charge in [-0.15, -0.1) is 11.3 Å². The number of carbonyl (C=O) groups is 1. The van der Waals surface area contributed by atoms with Crippen LogP contribution in [-0.2, 0) is 13.0 Å². The Labute approximate surface area is 119 Å². The van der Waals surface area contributed by atoms with Gasteiger partial charge in [0.25, 0.3) is 0 Å². The molecule has 108 valence electrons. The number of rotatable bonds is 4. The van der Waals surface area contributed by atoms with E-state index in [0.717, 1.165) is 30.0 Å². The van der Waals surface area contributed by atoms with Crippen molar-refractivity contribution in [2.45, 2.75) is 33.7 Å². The van der Waals surface area contributed by atoms with Gasteiger partial charge in [-0.1, -0.05) is 0 Å². The summed E-state index contributed by atoms with van der Waals surface area (Å²) in [6.07, 6.45) is 0.808. The van der Waals surface area contributed by atoms with Crippen LogP contribution in [0.1, 0.15) is 41.6 Å². The quantitative estimate of drug-likeness (QED) is 0.797. The molecule has 0 radical (unpaired) electrons. The third-order valence-corrected chi connectivity index (χ3v) is 4.57. The minimum absolute atomic E-state index is 0.386. The van der Waals surface area contributed by atoms with Gasteiger partial charge in [-0.2, -0.15) is 0 Å². The lowest BCUT2D eigenvalue weighted by atomic mass is 10.1. The molecule has 2 N–H and O–H groups in total. The molecular formula is C14H24N2O2S. The van der Waals surface area contributed by atoms with E-state index in [-0.39, 0.29) is 0 Å². The fraction of sp³-hybridized carbons (Fsp3) is 0.643. The van der Waals surface area contributed by atoms with Crippen LogP contribution in [0.4, 0.5) is 0 Å². The van der Waals surface area contributed by atoms with Gasteiger partial charge in [-0.25, -0.2) is 0 Å². The Morgan fingerprint density at radius 1 is 1.37 bits per heavy atom. The van der Waals surface area contributed by atoms with Crippen molar-refractivity contribution in [3.63, 3.8) is 0 Å². The van der Waals surface area contributed by atoms with Crippen molar-refractivity contribution < 1.29 is 14.8 Å². The molecule has 19 heavy (non-hydrogen) atoms. The van der Waals surface area contributed by atoms with E-state index in [9.17, 15) is 9.90 Å². The second-order valence-electron chi connectivity index (χ2n) is 4.58. The molecule has 0 aromatic carbocycles. The predicted octanol–water partition coefficient (Wildman–Crippen LogP) is -0.312. The largest absolute Gasteiger partial charge is 0.545 e. The van der Waals surface area contributed by atoms with Crippen LogP contribution >= 0.6 is 11.3 Å². The molecule has 1 aromatic heterocycles. The highest BCUT2D eigenvalue weighted by Crippen LogP contribution is 2.24. The fourth-order valence-corrected chi connectivity index (χ4v) is 3.22. The summed E-state index contributed by atoms with van der Waals surface area (Å²) in [6, 6.07) is 0. The molecule has 0 spiro atoms. The smallest absolute Gasteiger partial charge is 0.0742 e. The van der Waals surface area contributed by atoms with Gasteiger partial charge in [0.05, 0.1) is 25.6 Å². The van der Waals surface area contributed by atoms with Crippen molar-refractivity contribution in [2.24, 2.45) is 0 Å². The normalized spacial score (nSPS) is 13.7. The second kappa shape index (κ2) is 8.30. The van der Waals surface area contributed by atoms with E-state index in [2.05, 4.69) is 26.1 Å². The number of hydrogen-bond acceptors (Lipinski definition) is 4. The average molecular weight is 284 g/mol. The number of quaternary nitrogens is 1. The highest BCUT2D eigenvalue weighted by molar-refractivity contribution is 7.10. The van der Waals surface area contributed by atoms with Crippen LogP contribution < -0.4 is 15.3 Å². The summed E-state index contributed by atoms with van der Waals surface area (Å²) in [7, 11) is 0. The maximum absolute atomic E-state index is 10.6. The molecule has 2 heterocycles. The first-order chi connectivity index (χ1) is 9.13. The van der Waals surface area contributed by atoms with E-state index in [1.165, 1.54) is 31.0 Å². The topological polar surface area (TPSA) is 56.6 Å². The Balaban J connectivity index is 0.000000224. The molecule has 0 aliphatic carbocycles. The molecule has 5 heteroatoms. The summed E-state index contributed by atoms with van der Waals surface area (Å²) in [5.41, 5.74) is 1.36. The molecule has 0 saturated heterocycles. The second-order valence-corrected chi connectivity index (χ2v) is 5.54. The standard InChI is InChI=1S/C8H9NO2S.C6H15N/c10-8(11)6-4-12-7-3-9-2-1-5(6)7;1-4-7(5-2)6-3/h4,9H,1-3H2,(H,10,11);4-6H2,1-3H3. The summed E-state index contributed by atoms with van der Waals surface area (Å²) in [4.78, 5) is 13.4. The zero-order valence-electron chi connectivity index (χ0n) is 12.0. The van der Waals surface area contributed by atoms with E-state index in [4.69, 9.17) is 0 Å². The minimum atomic E-state index is -1.05. The molecule has 0 unspecified atom stereocenters. The third kappa shape index (κ3) is 4.60. The number of carboxylic acid groups (broad SMARTS) is 1. The molecular weight excluding hydrogens is 260 g/mol. The lowest BCUT2D eigenvalue weighted by Gasteiger charge is -2.14. The van der Waals surface area contributed by atoms with E-state index in [1.54, 1.807) is 10.3 Å². The van der Waals surface area contributed by atoms with Gasteiger partial charge in [-0.05, 0) is 39.3 Å². The van der Waals surface area contributed by atoms with Crippen LogP contribution in [0, 0.1) is 0 Å². The van der Waals surface area contributed by atoms with Gasteiger partial charge in [0.1, 0.15) is 0 Å². The van der Waals surface area contributed by atoms with Crippen molar-refractivity contribution in [2.75, 3.05) is 26.2 Å². The minimum Gasteiger partial charge on any atom is -0.545 e. The van der Waals surface area contributed by atoms with Crippen LogP contribution in [0.15, 0.2) is 5.38 Å². The molecule has 0 bridgehead atoms. The lowest BCUT2D eigenvalue weighted by molar-refractivity contribution is -0.894. The van der Waals surface area contributed by atoms with Crippen LogP contribution in [-0.4, -0.2) is 32.1 Å². The van der Waals surface area contributed by atoms with Gasteiger partial charge in [0.2, 0.25) is 0 Å². The summed E-state index contributed by atoms with van der Waals surface area (Å²) in [6.45, 7) is 12.2. The monoisotopic (exact) mass is 284 g/mol. The predicted molar refractivity (Wildman–Crippen MR) is 76.6 cm³/mol. The molecule has 0 saturated carbocycles. The summed E-state index contributed by atoms with van der Waals surface area (Å²) < 4.78 is 0. The van der Waals surface area contributed by atoms with E-state index in [1.807, 2.05) is 0 Å². The Morgan fingerprint density at radius 3 is 2.47 bits per heavy atom. The maximum atomic E-state index is 10.6. The zero-order valence-corrected chi connectivity index (χ0v) is 12.9. The van der Waals surface area contributed by atoms with Crippen molar-refractivity contribution in [3.05, 3.63) is 21.4 Å². The summed E-state index contributed by atoms with van der Waals surface area (Å²) >= 11 is 1.50. The molecule has 0 amide bonds. The number of fused-ring (bicyclic) bond motifs is 1. The lowest BCUT2D eigenvalue weighted by Crippen LogP contribution is -3.11. The van der Waals surface area contributed by atoms with Crippen molar-refractivity contribution in [1.29, 1.82) is 0 Å². The molecule has 1 aliphatic heterocycles. The van der Waals surface area contributed by atoms with Crippen molar-refractivity contribution in [3.8, 4) is 0 Å². The molecule has 1 aromatic rings. The van der Waals surface area contributed by atoms with Gasteiger partial charge in [0.15, 0.2) is 0 Å². The van der Waals surface area contributed by atoms with Crippen LogP contribution in [0.5, 0.6) is 0 Å². The Hall–Kier alpha value is -0.910. The van der Waals surface area contributed by atoms with E-state index in [0.29, 0.717) is 5.56 Å². The Bertz CT molecular complexity index is 395. The first kappa shape index (κ1) is 16.1. The Kier molecular flexibility index (Phi) is 7.05. The van der Waals surface area contributed by atoms with Crippen LogP contribution in [0.25, 0.3) is 0 Å². The number of aromatic carboxylic acids is 1. The Morgan fingerprint density at radius 2 is 2.00 bits per heavy atom. The highest BCUT2D eigenvalue weighted by Gasteiger charge is 2.14. The van der Waals surface area contributed by atoms with Crippen molar-refractivity contribution in [1.82, 2.24) is 5.32 Å². The molecule has 1 aliphatic rings. The number of hydrogen-bond donors (Lipinski definition) is 2. The first-order valence-electron chi connectivity index (χ1n) is 6.98. The molecule has 0 atom stereocenters. The summed E-state index contributed by atoms with van der Waals surface area (Å²) in [5.74, 6) is -1.05. The molecule has 4 nitrogen and oxygen atoms in total. The fourth-order valence-electron chi connectivity index (χ4n) is 2.18. The number of nitrogens with one attached hydrogen (secondary N) is 2. The van der Waals surface area contributed by atoms with Gasteiger partial charge < -0.3 is 20.1 Å². The zero-order chi connectivity index (χ0) is 14.3. The summed E-state index contributed by atoms with van der Waals surface area (Å²) in [5, 5.41) is 15.5. The number of carbonyl (C=O) groups excluding carboxylic acids is 1. The highest BCUT2D eigenvalue weighted by atomic mass is 32.1. The number of thiophene rings is 1. The van der Waals surface area contributed by atoms with E-state index < -0.39 is 5.97 Å². The van der Waals surface area contributed by atoms with E-state index >= 15 is 0 Å².